The quantitative estimate of drug-likeness (QED) is 0.749. The summed E-state index contributed by atoms with van der Waals surface area (Å²) in [7, 11) is 1.58. The smallest absolute Gasteiger partial charge is 0.293 e. The van der Waals surface area contributed by atoms with Crippen LogP contribution in [-0.2, 0) is 11.8 Å². The van der Waals surface area contributed by atoms with E-state index in [2.05, 4.69) is 10.1 Å². The summed E-state index contributed by atoms with van der Waals surface area (Å²) in [6.07, 6.45) is 1.48. The largest absolute Gasteiger partial charge is 0.329 e. The standard InChI is InChI=1S/C20H20F2N6O2/c1-26-13-24-16(25-26)17(29)27-11-19(10-20(21,22)12-27)6-3-7-28(18(19)30)15-5-2-4-14(8-15)9-23/h2,4-5,8,13H,3,6-7,10-12H2,1H3. The van der Waals surface area contributed by atoms with Crippen molar-refractivity contribution in [2.24, 2.45) is 12.5 Å². The zero-order valence-electron chi connectivity index (χ0n) is 16.4. The molecule has 2 aromatic rings. The number of likely N-dealkylation sites (tertiary alicyclic amines) is 1. The highest BCUT2D eigenvalue weighted by molar-refractivity contribution is 5.99. The van der Waals surface area contributed by atoms with Crippen molar-refractivity contribution in [2.75, 3.05) is 24.5 Å². The van der Waals surface area contributed by atoms with Gasteiger partial charge in [-0.1, -0.05) is 6.07 Å². The van der Waals surface area contributed by atoms with Crippen molar-refractivity contribution in [1.29, 1.82) is 5.26 Å². The van der Waals surface area contributed by atoms with Crippen LogP contribution in [0.5, 0.6) is 0 Å². The van der Waals surface area contributed by atoms with Crippen molar-refractivity contribution in [2.45, 2.75) is 25.2 Å². The number of nitriles is 1. The van der Waals surface area contributed by atoms with Crippen LogP contribution in [0.15, 0.2) is 30.6 Å². The molecule has 2 aliphatic rings. The first-order valence-corrected chi connectivity index (χ1v) is 9.58. The van der Waals surface area contributed by atoms with E-state index in [1.54, 1.807) is 31.3 Å². The van der Waals surface area contributed by atoms with E-state index in [1.165, 1.54) is 15.9 Å². The maximum absolute atomic E-state index is 14.7. The molecular weight excluding hydrogens is 394 g/mol. The van der Waals surface area contributed by atoms with Crippen LogP contribution in [0.3, 0.4) is 0 Å². The van der Waals surface area contributed by atoms with Gasteiger partial charge in [0.1, 0.15) is 6.33 Å². The number of aryl methyl sites for hydroxylation is 1. The number of benzene rings is 1. The summed E-state index contributed by atoms with van der Waals surface area (Å²) in [5.74, 6) is -4.55. The van der Waals surface area contributed by atoms with Crippen molar-refractivity contribution in [3.63, 3.8) is 0 Å². The van der Waals surface area contributed by atoms with Crippen LogP contribution in [0, 0.1) is 16.7 Å². The van der Waals surface area contributed by atoms with Gasteiger partial charge in [0, 0.05) is 32.2 Å². The first-order chi connectivity index (χ1) is 14.2. The van der Waals surface area contributed by atoms with Crippen LogP contribution >= 0.6 is 0 Å². The molecule has 4 rings (SSSR count). The number of hydrogen-bond donors (Lipinski definition) is 0. The molecule has 0 radical (unpaired) electrons. The van der Waals surface area contributed by atoms with Crippen LogP contribution in [0.4, 0.5) is 14.5 Å². The van der Waals surface area contributed by atoms with Gasteiger partial charge in [0.2, 0.25) is 11.7 Å². The molecule has 1 aromatic carbocycles. The fourth-order valence-electron chi connectivity index (χ4n) is 4.40. The van der Waals surface area contributed by atoms with Gasteiger partial charge in [-0.3, -0.25) is 14.3 Å². The first-order valence-electron chi connectivity index (χ1n) is 9.58. The van der Waals surface area contributed by atoms with Crippen LogP contribution in [0.25, 0.3) is 0 Å². The SMILES string of the molecule is Cn1cnc(C(=O)N2CC(F)(F)CC3(CCCN(c4cccc(C#N)c4)C3=O)C2)n1. The molecule has 3 heterocycles. The summed E-state index contributed by atoms with van der Waals surface area (Å²) in [4.78, 5) is 32.5. The molecule has 1 unspecified atom stereocenters. The molecule has 2 amide bonds. The van der Waals surface area contributed by atoms with Gasteiger partial charge in [-0.25, -0.2) is 13.8 Å². The highest BCUT2D eigenvalue weighted by Gasteiger charge is 2.56. The van der Waals surface area contributed by atoms with Crippen LogP contribution in [-0.4, -0.2) is 57.0 Å². The van der Waals surface area contributed by atoms with E-state index in [0.29, 0.717) is 24.2 Å². The van der Waals surface area contributed by atoms with E-state index in [4.69, 9.17) is 5.26 Å². The molecule has 0 aliphatic carbocycles. The zero-order chi connectivity index (χ0) is 21.5. The molecule has 1 spiro atoms. The molecule has 8 nitrogen and oxygen atoms in total. The minimum absolute atomic E-state index is 0.118. The Morgan fingerprint density at radius 1 is 1.30 bits per heavy atom. The number of amides is 2. The minimum atomic E-state index is -3.21. The highest BCUT2D eigenvalue weighted by Crippen LogP contribution is 2.46. The lowest BCUT2D eigenvalue weighted by Crippen LogP contribution is -2.62. The molecule has 2 saturated heterocycles. The van der Waals surface area contributed by atoms with Gasteiger partial charge in [-0.15, -0.1) is 5.10 Å². The van der Waals surface area contributed by atoms with Gasteiger partial charge in [-0.05, 0) is 31.0 Å². The summed E-state index contributed by atoms with van der Waals surface area (Å²) in [6, 6.07) is 8.54. The highest BCUT2D eigenvalue weighted by atomic mass is 19.3. The molecular formula is C20H20F2N6O2. The fourth-order valence-corrected chi connectivity index (χ4v) is 4.40. The van der Waals surface area contributed by atoms with E-state index >= 15 is 0 Å². The lowest BCUT2D eigenvalue weighted by Gasteiger charge is -2.49. The summed E-state index contributed by atoms with van der Waals surface area (Å²) < 4.78 is 30.8. The molecule has 2 aliphatic heterocycles. The number of piperidine rings is 2. The first kappa shape index (κ1) is 19.9. The third-order valence-corrected chi connectivity index (χ3v) is 5.61. The predicted octanol–water partition coefficient (Wildman–Crippen LogP) is 1.98. The Morgan fingerprint density at radius 2 is 2.10 bits per heavy atom. The summed E-state index contributed by atoms with van der Waals surface area (Å²) >= 11 is 0. The Balaban J connectivity index is 1.66. The average molecular weight is 414 g/mol. The number of hydrogen-bond acceptors (Lipinski definition) is 5. The average Bonchev–Trinajstić information content (AvgIpc) is 3.14. The van der Waals surface area contributed by atoms with Crippen molar-refractivity contribution in [1.82, 2.24) is 19.7 Å². The molecule has 2 fully saturated rings. The number of anilines is 1. The topological polar surface area (TPSA) is 95.1 Å². The predicted molar refractivity (Wildman–Crippen MR) is 102 cm³/mol. The Morgan fingerprint density at radius 3 is 2.80 bits per heavy atom. The Hall–Kier alpha value is -3.35. The van der Waals surface area contributed by atoms with Crippen molar-refractivity contribution in [3.8, 4) is 6.07 Å². The summed E-state index contributed by atoms with van der Waals surface area (Å²) in [5, 5.41) is 13.0. The molecule has 0 N–H and O–H groups in total. The molecule has 10 heteroatoms. The summed E-state index contributed by atoms with van der Waals surface area (Å²) in [5.41, 5.74) is -0.518. The van der Waals surface area contributed by atoms with Crippen LogP contribution < -0.4 is 4.90 Å². The number of halogens is 2. The molecule has 0 saturated carbocycles. The number of nitrogens with zero attached hydrogens (tertiary/aromatic N) is 6. The maximum Gasteiger partial charge on any atom is 0.293 e. The number of aromatic nitrogens is 3. The minimum Gasteiger partial charge on any atom is -0.329 e. The second kappa shape index (κ2) is 7.16. The number of alkyl halides is 2. The van der Waals surface area contributed by atoms with Crippen molar-refractivity contribution < 1.29 is 18.4 Å². The number of rotatable bonds is 2. The summed E-state index contributed by atoms with van der Waals surface area (Å²) in [6.45, 7) is -0.521. The fraction of sp³-hybridized carbons (Fsp3) is 0.450. The second-order valence-electron chi connectivity index (χ2n) is 7.94. The lowest BCUT2D eigenvalue weighted by atomic mass is 9.71. The van der Waals surface area contributed by atoms with Gasteiger partial charge in [-0.2, -0.15) is 5.26 Å². The Labute approximate surface area is 171 Å². The molecule has 30 heavy (non-hydrogen) atoms. The van der Waals surface area contributed by atoms with Crippen LogP contribution in [0.1, 0.15) is 35.4 Å². The van der Waals surface area contributed by atoms with Crippen molar-refractivity contribution >= 4 is 17.5 Å². The monoisotopic (exact) mass is 414 g/mol. The third kappa shape index (κ3) is 3.51. The van der Waals surface area contributed by atoms with E-state index < -0.39 is 36.1 Å². The van der Waals surface area contributed by atoms with E-state index in [9.17, 15) is 18.4 Å². The normalized spacial score (nSPS) is 23.5. The van der Waals surface area contributed by atoms with E-state index in [-0.39, 0.29) is 18.8 Å². The van der Waals surface area contributed by atoms with Gasteiger partial charge < -0.3 is 9.80 Å². The van der Waals surface area contributed by atoms with E-state index in [1.807, 2.05) is 6.07 Å². The molecule has 156 valence electrons. The Kier molecular flexibility index (Phi) is 4.76. The molecule has 1 atom stereocenters. The van der Waals surface area contributed by atoms with E-state index in [0.717, 1.165) is 4.90 Å². The van der Waals surface area contributed by atoms with Gasteiger partial charge in [0.15, 0.2) is 0 Å². The third-order valence-electron chi connectivity index (χ3n) is 5.61. The van der Waals surface area contributed by atoms with Gasteiger partial charge >= 0.3 is 0 Å². The Bertz CT molecular complexity index is 1050. The molecule has 0 bridgehead atoms. The molecule has 1 aromatic heterocycles. The number of carbonyl (C=O) groups is 2. The van der Waals surface area contributed by atoms with Crippen molar-refractivity contribution in [3.05, 3.63) is 42.0 Å². The lowest BCUT2D eigenvalue weighted by molar-refractivity contribution is -0.150. The van der Waals surface area contributed by atoms with Gasteiger partial charge in [0.05, 0.1) is 23.6 Å². The van der Waals surface area contributed by atoms with Crippen LogP contribution in [0.2, 0.25) is 0 Å². The maximum atomic E-state index is 14.7. The van der Waals surface area contributed by atoms with Gasteiger partial charge in [0.25, 0.3) is 11.8 Å². The second-order valence-corrected chi connectivity index (χ2v) is 7.94. The zero-order valence-corrected chi connectivity index (χ0v) is 16.4. The number of carbonyl (C=O) groups excluding carboxylic acids is 2.